The number of carbonyl (C=O) groups excluding carboxylic acids is 1. The number of furan rings is 1. The molecule has 0 radical (unpaired) electrons. The van der Waals surface area contributed by atoms with Crippen molar-refractivity contribution in [3.63, 3.8) is 0 Å². The highest BCUT2D eigenvalue weighted by Crippen LogP contribution is 2.33. The molecule has 0 saturated carbocycles. The Labute approximate surface area is 154 Å². The van der Waals surface area contributed by atoms with Gasteiger partial charge in [-0.25, -0.2) is 0 Å². The van der Waals surface area contributed by atoms with Gasteiger partial charge in [0, 0.05) is 30.2 Å². The molecule has 26 heavy (non-hydrogen) atoms. The van der Waals surface area contributed by atoms with E-state index in [4.69, 9.17) is 9.15 Å². The predicted molar refractivity (Wildman–Crippen MR) is 101 cm³/mol. The molecule has 5 nitrogen and oxygen atoms in total. The number of amides is 1. The maximum Gasteiger partial charge on any atom is 0.258 e. The second kappa shape index (κ2) is 7.70. The van der Waals surface area contributed by atoms with E-state index in [1.165, 1.54) is 37.8 Å². The number of ether oxygens (including phenoxy) is 1. The van der Waals surface area contributed by atoms with Crippen LogP contribution < -0.4 is 15.0 Å². The van der Waals surface area contributed by atoms with Gasteiger partial charge in [0.15, 0.2) is 6.61 Å². The molecule has 1 unspecified atom stereocenters. The largest absolute Gasteiger partial charge is 0.484 e. The molecule has 0 bridgehead atoms. The number of benzene rings is 1. The average molecular weight is 357 g/mol. The van der Waals surface area contributed by atoms with Gasteiger partial charge >= 0.3 is 0 Å². The highest BCUT2D eigenvalue weighted by molar-refractivity contribution is 5.84. The lowest BCUT2D eigenvalue weighted by Gasteiger charge is -2.20. The van der Waals surface area contributed by atoms with Gasteiger partial charge in [0.05, 0.1) is 19.6 Å². The van der Waals surface area contributed by atoms with Crippen LogP contribution in [0.3, 0.4) is 0 Å². The summed E-state index contributed by atoms with van der Waals surface area (Å²) in [6, 6.07) is 6.43. The summed E-state index contributed by atoms with van der Waals surface area (Å²) >= 11 is 0. The number of fused-ring (bicyclic) bond motifs is 3. The summed E-state index contributed by atoms with van der Waals surface area (Å²) in [5.41, 5.74) is 2.25. The highest BCUT2D eigenvalue weighted by Gasteiger charge is 2.27. The molecular formula is C21H29N2O3+. The minimum atomic E-state index is -0.0401. The lowest BCUT2D eigenvalue weighted by Crippen LogP contribution is -3.14. The zero-order valence-corrected chi connectivity index (χ0v) is 15.6. The van der Waals surface area contributed by atoms with Crippen molar-refractivity contribution in [2.45, 2.75) is 51.5 Å². The van der Waals surface area contributed by atoms with E-state index in [-0.39, 0.29) is 12.5 Å². The average Bonchev–Trinajstić information content (AvgIpc) is 3.28. The number of rotatable bonds is 6. The first-order valence-corrected chi connectivity index (χ1v) is 10.0. The second-order valence-electron chi connectivity index (χ2n) is 7.56. The fourth-order valence-electron chi connectivity index (χ4n) is 4.46. The zero-order chi connectivity index (χ0) is 17.9. The van der Waals surface area contributed by atoms with E-state index in [0.717, 1.165) is 48.4 Å². The van der Waals surface area contributed by atoms with Crippen molar-refractivity contribution in [1.82, 2.24) is 5.32 Å². The molecule has 2 atom stereocenters. The quantitative estimate of drug-likeness (QED) is 0.830. The molecule has 2 aliphatic rings. The third-order valence-electron chi connectivity index (χ3n) is 5.92. The van der Waals surface area contributed by atoms with E-state index in [1.54, 1.807) is 4.90 Å². The summed E-state index contributed by atoms with van der Waals surface area (Å²) in [5.74, 6) is 1.82. The Balaban J connectivity index is 1.33. The number of nitrogens with one attached hydrogen (secondary N) is 2. The zero-order valence-electron chi connectivity index (χ0n) is 15.6. The van der Waals surface area contributed by atoms with Gasteiger partial charge in [0.2, 0.25) is 0 Å². The van der Waals surface area contributed by atoms with E-state index < -0.39 is 0 Å². The van der Waals surface area contributed by atoms with Gasteiger partial charge in [-0.2, -0.15) is 0 Å². The molecule has 4 rings (SSSR count). The molecule has 2 aromatic rings. The van der Waals surface area contributed by atoms with E-state index in [1.807, 2.05) is 18.2 Å². The standard InChI is InChI=1S/C21H28N2O3/c1-2-23-11-5-6-15(23)13-22-21(24)14-25-16-9-10-20-18(12-16)17-7-3-4-8-19(17)26-20/h9-10,12,15H,2-8,11,13-14H2,1H3,(H,22,24)/p+1/t15-/m1/s1. The minimum absolute atomic E-state index is 0.0401. The maximum atomic E-state index is 12.2. The van der Waals surface area contributed by atoms with E-state index in [9.17, 15) is 4.79 Å². The normalized spacial score (nSPS) is 22.3. The van der Waals surface area contributed by atoms with Crippen LogP contribution in [0.1, 0.15) is 43.9 Å². The van der Waals surface area contributed by atoms with Crippen LogP contribution in [-0.2, 0) is 17.6 Å². The third kappa shape index (κ3) is 3.58. The monoisotopic (exact) mass is 357 g/mol. The molecule has 1 aromatic heterocycles. The lowest BCUT2D eigenvalue weighted by molar-refractivity contribution is -0.909. The van der Waals surface area contributed by atoms with Crippen LogP contribution in [0.25, 0.3) is 11.0 Å². The van der Waals surface area contributed by atoms with Crippen molar-refractivity contribution in [2.24, 2.45) is 0 Å². The van der Waals surface area contributed by atoms with Crippen molar-refractivity contribution in [1.29, 1.82) is 0 Å². The SMILES string of the molecule is CC[NH+]1CCC[C@@H]1CNC(=O)COc1ccc2oc3c(c2c1)CCCC3. The van der Waals surface area contributed by atoms with Crippen molar-refractivity contribution in [3.8, 4) is 5.75 Å². The van der Waals surface area contributed by atoms with E-state index in [2.05, 4.69) is 12.2 Å². The molecule has 2 N–H and O–H groups in total. The van der Waals surface area contributed by atoms with Crippen molar-refractivity contribution in [2.75, 3.05) is 26.2 Å². The first-order chi connectivity index (χ1) is 12.7. The Hall–Kier alpha value is -2.01. The lowest BCUT2D eigenvalue weighted by atomic mass is 9.96. The third-order valence-corrected chi connectivity index (χ3v) is 5.92. The van der Waals surface area contributed by atoms with Crippen LogP contribution in [0.4, 0.5) is 0 Å². The smallest absolute Gasteiger partial charge is 0.258 e. The number of carbonyl (C=O) groups is 1. The van der Waals surface area contributed by atoms with Crippen LogP contribution in [0.5, 0.6) is 5.75 Å². The predicted octanol–water partition coefficient (Wildman–Crippen LogP) is 1.87. The summed E-state index contributed by atoms with van der Waals surface area (Å²) in [7, 11) is 0. The van der Waals surface area contributed by atoms with Gasteiger partial charge in [-0.3, -0.25) is 4.79 Å². The highest BCUT2D eigenvalue weighted by atomic mass is 16.5. The summed E-state index contributed by atoms with van der Waals surface area (Å²) in [6.45, 7) is 5.39. The Kier molecular flexibility index (Phi) is 5.16. The van der Waals surface area contributed by atoms with Gasteiger partial charge in [0.25, 0.3) is 5.91 Å². The first-order valence-electron chi connectivity index (χ1n) is 10.0. The van der Waals surface area contributed by atoms with Crippen molar-refractivity contribution >= 4 is 16.9 Å². The molecule has 5 heteroatoms. The number of quaternary nitrogens is 1. The fraction of sp³-hybridized carbons (Fsp3) is 0.571. The molecule has 2 heterocycles. The van der Waals surface area contributed by atoms with E-state index >= 15 is 0 Å². The summed E-state index contributed by atoms with van der Waals surface area (Å²) in [6.07, 6.45) is 6.98. The second-order valence-corrected chi connectivity index (χ2v) is 7.56. The summed E-state index contributed by atoms with van der Waals surface area (Å²) in [4.78, 5) is 13.7. The van der Waals surface area contributed by atoms with Gasteiger partial charge in [-0.1, -0.05) is 0 Å². The van der Waals surface area contributed by atoms with Crippen LogP contribution in [0, 0.1) is 0 Å². The van der Waals surface area contributed by atoms with Crippen LogP contribution in [0.2, 0.25) is 0 Å². The molecule has 1 aromatic carbocycles. The van der Waals surface area contributed by atoms with E-state index in [0.29, 0.717) is 6.04 Å². The topological polar surface area (TPSA) is 55.9 Å². The Morgan fingerprint density at radius 1 is 1.31 bits per heavy atom. The number of hydrogen-bond donors (Lipinski definition) is 2. The number of aryl methyl sites for hydroxylation is 2. The molecule has 1 amide bonds. The van der Waals surface area contributed by atoms with Gasteiger partial charge < -0.3 is 19.4 Å². The van der Waals surface area contributed by atoms with Crippen molar-refractivity contribution < 1.29 is 18.8 Å². The molecule has 0 spiro atoms. The molecule has 1 saturated heterocycles. The van der Waals surface area contributed by atoms with Crippen LogP contribution in [0.15, 0.2) is 22.6 Å². The molecular weight excluding hydrogens is 328 g/mol. The minimum Gasteiger partial charge on any atom is -0.484 e. The summed E-state index contributed by atoms with van der Waals surface area (Å²) < 4.78 is 11.7. The molecule has 1 aliphatic carbocycles. The molecule has 140 valence electrons. The Bertz CT molecular complexity index is 783. The molecule has 1 aliphatic heterocycles. The number of likely N-dealkylation sites (N-methyl/N-ethyl adjacent to an activating group) is 1. The van der Waals surface area contributed by atoms with Gasteiger partial charge in [-0.15, -0.1) is 0 Å². The Morgan fingerprint density at radius 3 is 3.08 bits per heavy atom. The van der Waals surface area contributed by atoms with Gasteiger partial charge in [-0.05, 0) is 44.4 Å². The summed E-state index contributed by atoms with van der Waals surface area (Å²) in [5, 5.41) is 4.18. The van der Waals surface area contributed by atoms with Crippen LogP contribution >= 0.6 is 0 Å². The Morgan fingerprint density at radius 2 is 2.19 bits per heavy atom. The number of likely N-dealkylation sites (tertiary alicyclic amines) is 1. The van der Waals surface area contributed by atoms with Crippen LogP contribution in [-0.4, -0.2) is 38.2 Å². The fourth-order valence-corrected chi connectivity index (χ4v) is 4.46. The maximum absolute atomic E-state index is 12.2. The number of hydrogen-bond acceptors (Lipinski definition) is 3. The molecule has 1 fully saturated rings. The van der Waals surface area contributed by atoms with Gasteiger partial charge in [0.1, 0.15) is 23.1 Å². The van der Waals surface area contributed by atoms with Crippen molar-refractivity contribution in [3.05, 3.63) is 29.5 Å². The first kappa shape index (κ1) is 17.4.